The van der Waals surface area contributed by atoms with Crippen molar-refractivity contribution < 1.29 is 14.3 Å². The summed E-state index contributed by atoms with van der Waals surface area (Å²) in [6.45, 7) is 0.227. The fourth-order valence-electron chi connectivity index (χ4n) is 2.50. The smallest absolute Gasteiger partial charge is 0.411 e. The van der Waals surface area contributed by atoms with Gasteiger partial charge in [-0.3, -0.25) is 10.1 Å². The molecule has 3 rings (SSSR count). The van der Waals surface area contributed by atoms with Crippen molar-refractivity contribution >= 4 is 17.6 Å². The molecule has 4 nitrogen and oxygen atoms in total. The van der Waals surface area contributed by atoms with Crippen LogP contribution in [-0.4, -0.2) is 11.9 Å². The zero-order chi connectivity index (χ0) is 16.1. The number of anilines is 1. The standard InChI is InChI=1S/C19H19NO3/c21-18(15-7-4-8-15)16-9-11-17(12-10-16)20-19(22)23-13-14-5-2-1-3-6-14/h1-3,5-6,9-12,15H,4,7-8,13H2,(H,20,22). The van der Waals surface area contributed by atoms with Crippen molar-refractivity contribution in [3.8, 4) is 0 Å². The molecule has 0 bridgehead atoms. The molecule has 0 unspecified atom stereocenters. The molecule has 0 aromatic heterocycles. The molecule has 2 aromatic rings. The van der Waals surface area contributed by atoms with Crippen molar-refractivity contribution in [2.75, 3.05) is 5.32 Å². The molecule has 0 saturated heterocycles. The molecule has 0 atom stereocenters. The summed E-state index contributed by atoms with van der Waals surface area (Å²) in [7, 11) is 0. The molecule has 0 spiro atoms. The summed E-state index contributed by atoms with van der Waals surface area (Å²) in [6, 6.07) is 16.5. The monoisotopic (exact) mass is 309 g/mol. The van der Waals surface area contributed by atoms with Crippen LogP contribution in [0, 0.1) is 5.92 Å². The van der Waals surface area contributed by atoms with E-state index in [4.69, 9.17) is 4.74 Å². The third kappa shape index (κ3) is 3.97. The van der Waals surface area contributed by atoms with Crippen LogP contribution in [0.2, 0.25) is 0 Å². The molecule has 118 valence electrons. The summed E-state index contributed by atoms with van der Waals surface area (Å²) in [5.41, 5.74) is 2.26. The van der Waals surface area contributed by atoms with Crippen LogP contribution in [0.3, 0.4) is 0 Å². The third-order valence-electron chi connectivity index (χ3n) is 4.10. The maximum absolute atomic E-state index is 12.1. The predicted molar refractivity (Wildman–Crippen MR) is 88.4 cm³/mol. The lowest BCUT2D eigenvalue weighted by Crippen LogP contribution is -2.21. The minimum absolute atomic E-state index is 0.185. The highest BCUT2D eigenvalue weighted by molar-refractivity contribution is 5.98. The van der Waals surface area contributed by atoms with Gasteiger partial charge in [-0.05, 0) is 42.7 Å². The number of carbonyl (C=O) groups excluding carboxylic acids is 2. The van der Waals surface area contributed by atoms with Crippen LogP contribution >= 0.6 is 0 Å². The van der Waals surface area contributed by atoms with Gasteiger partial charge in [0.1, 0.15) is 6.61 Å². The van der Waals surface area contributed by atoms with Crippen LogP contribution in [0.4, 0.5) is 10.5 Å². The predicted octanol–water partition coefficient (Wildman–Crippen LogP) is 4.42. The van der Waals surface area contributed by atoms with Crippen LogP contribution in [-0.2, 0) is 11.3 Å². The first-order valence-electron chi connectivity index (χ1n) is 7.84. The maximum atomic E-state index is 12.1. The maximum Gasteiger partial charge on any atom is 0.411 e. The SMILES string of the molecule is O=C(Nc1ccc(C(=O)C2CCC2)cc1)OCc1ccccc1. The molecule has 1 fully saturated rings. The number of rotatable bonds is 5. The number of hydrogen-bond acceptors (Lipinski definition) is 3. The number of Topliss-reactive ketones (excluding diaryl/α,β-unsaturated/α-hetero) is 1. The second kappa shape index (κ2) is 7.09. The van der Waals surface area contributed by atoms with Crippen LogP contribution in [0.5, 0.6) is 0 Å². The van der Waals surface area contributed by atoms with Gasteiger partial charge in [0.25, 0.3) is 0 Å². The van der Waals surface area contributed by atoms with Crippen LogP contribution in [0.25, 0.3) is 0 Å². The van der Waals surface area contributed by atoms with Crippen molar-refractivity contribution in [1.29, 1.82) is 0 Å². The number of ether oxygens (including phenoxy) is 1. The minimum Gasteiger partial charge on any atom is -0.444 e. The van der Waals surface area contributed by atoms with E-state index in [2.05, 4.69) is 5.32 Å². The molecule has 1 N–H and O–H groups in total. The summed E-state index contributed by atoms with van der Waals surface area (Å²) in [5.74, 6) is 0.388. The van der Waals surface area contributed by atoms with Crippen molar-refractivity contribution in [2.24, 2.45) is 5.92 Å². The molecular weight excluding hydrogens is 290 g/mol. The Morgan fingerprint density at radius 3 is 2.30 bits per heavy atom. The molecule has 0 aliphatic heterocycles. The Morgan fingerprint density at radius 2 is 1.70 bits per heavy atom. The summed E-state index contributed by atoms with van der Waals surface area (Å²) >= 11 is 0. The number of hydrogen-bond donors (Lipinski definition) is 1. The topological polar surface area (TPSA) is 55.4 Å². The molecule has 1 saturated carbocycles. The summed E-state index contributed by atoms with van der Waals surface area (Å²) in [5, 5.41) is 2.66. The second-order valence-electron chi connectivity index (χ2n) is 5.76. The molecule has 1 amide bonds. The van der Waals surface area contributed by atoms with Crippen LogP contribution in [0.15, 0.2) is 54.6 Å². The molecule has 1 aliphatic rings. The molecule has 2 aromatic carbocycles. The molecule has 4 heteroatoms. The lowest BCUT2D eigenvalue weighted by Gasteiger charge is -2.23. The van der Waals surface area contributed by atoms with E-state index in [0.29, 0.717) is 11.3 Å². The Kier molecular flexibility index (Phi) is 4.71. The lowest BCUT2D eigenvalue weighted by molar-refractivity contribution is 0.0855. The van der Waals surface area contributed by atoms with Gasteiger partial charge in [-0.2, -0.15) is 0 Å². The van der Waals surface area contributed by atoms with Crippen molar-refractivity contribution in [2.45, 2.75) is 25.9 Å². The van der Waals surface area contributed by atoms with Gasteiger partial charge in [-0.15, -0.1) is 0 Å². The van der Waals surface area contributed by atoms with E-state index in [1.807, 2.05) is 30.3 Å². The Labute approximate surface area is 135 Å². The van der Waals surface area contributed by atoms with E-state index in [9.17, 15) is 9.59 Å². The Morgan fingerprint density at radius 1 is 1.00 bits per heavy atom. The first-order valence-corrected chi connectivity index (χ1v) is 7.84. The van der Waals surface area contributed by atoms with Gasteiger partial charge in [-0.1, -0.05) is 36.8 Å². The number of benzene rings is 2. The van der Waals surface area contributed by atoms with Crippen molar-refractivity contribution in [3.63, 3.8) is 0 Å². The van der Waals surface area contributed by atoms with Gasteiger partial charge in [0.15, 0.2) is 5.78 Å². The average Bonchev–Trinajstić information content (AvgIpc) is 2.53. The summed E-state index contributed by atoms with van der Waals surface area (Å²) in [6.07, 6.45) is 2.62. The van der Waals surface area contributed by atoms with E-state index in [-0.39, 0.29) is 18.3 Å². The number of amides is 1. The van der Waals surface area contributed by atoms with Crippen LogP contribution in [0.1, 0.15) is 35.2 Å². The largest absolute Gasteiger partial charge is 0.444 e. The van der Waals surface area contributed by atoms with Gasteiger partial charge in [-0.25, -0.2) is 4.79 Å². The second-order valence-corrected chi connectivity index (χ2v) is 5.76. The normalized spacial score (nSPS) is 13.9. The number of nitrogens with one attached hydrogen (secondary N) is 1. The highest BCUT2D eigenvalue weighted by Crippen LogP contribution is 2.30. The molecule has 0 radical (unpaired) electrons. The van der Waals surface area contributed by atoms with Gasteiger partial charge in [0.05, 0.1) is 0 Å². The lowest BCUT2D eigenvalue weighted by atomic mass is 9.80. The highest BCUT2D eigenvalue weighted by Gasteiger charge is 2.25. The van der Waals surface area contributed by atoms with E-state index in [1.54, 1.807) is 24.3 Å². The van der Waals surface area contributed by atoms with Crippen molar-refractivity contribution in [3.05, 3.63) is 65.7 Å². The Hall–Kier alpha value is -2.62. The first-order chi connectivity index (χ1) is 11.2. The van der Waals surface area contributed by atoms with Gasteiger partial charge >= 0.3 is 6.09 Å². The van der Waals surface area contributed by atoms with E-state index < -0.39 is 6.09 Å². The fraction of sp³-hybridized carbons (Fsp3) is 0.263. The summed E-state index contributed by atoms with van der Waals surface area (Å²) in [4.78, 5) is 23.9. The van der Waals surface area contributed by atoms with E-state index >= 15 is 0 Å². The quantitative estimate of drug-likeness (QED) is 0.832. The zero-order valence-corrected chi connectivity index (χ0v) is 12.8. The first kappa shape index (κ1) is 15.3. The highest BCUT2D eigenvalue weighted by atomic mass is 16.5. The van der Waals surface area contributed by atoms with E-state index in [0.717, 1.165) is 24.8 Å². The number of ketones is 1. The summed E-state index contributed by atoms with van der Waals surface area (Å²) < 4.78 is 5.16. The fourth-order valence-corrected chi connectivity index (χ4v) is 2.50. The zero-order valence-electron chi connectivity index (χ0n) is 12.8. The molecule has 0 heterocycles. The minimum atomic E-state index is -0.507. The molecule has 23 heavy (non-hydrogen) atoms. The van der Waals surface area contributed by atoms with Gasteiger partial charge < -0.3 is 4.74 Å². The average molecular weight is 309 g/mol. The van der Waals surface area contributed by atoms with Gasteiger partial charge in [0, 0.05) is 17.2 Å². The Balaban J connectivity index is 1.51. The molecular formula is C19H19NO3. The third-order valence-corrected chi connectivity index (χ3v) is 4.10. The number of carbonyl (C=O) groups is 2. The van der Waals surface area contributed by atoms with Gasteiger partial charge in [0.2, 0.25) is 0 Å². The Bertz CT molecular complexity index is 676. The van der Waals surface area contributed by atoms with E-state index in [1.165, 1.54) is 0 Å². The van der Waals surface area contributed by atoms with Crippen LogP contribution < -0.4 is 5.32 Å². The van der Waals surface area contributed by atoms with Crippen molar-refractivity contribution in [1.82, 2.24) is 0 Å². The molecule has 1 aliphatic carbocycles.